The summed E-state index contributed by atoms with van der Waals surface area (Å²) in [5.74, 6) is 0.714. The Hall–Kier alpha value is -1.82. The average molecular weight is 307 g/mol. The molecule has 0 saturated heterocycles. The van der Waals surface area contributed by atoms with Gasteiger partial charge in [0.2, 0.25) is 0 Å². The number of rotatable bonds is 3. The van der Waals surface area contributed by atoms with Crippen molar-refractivity contribution in [1.29, 1.82) is 0 Å². The molecule has 2 N–H and O–H groups in total. The van der Waals surface area contributed by atoms with E-state index in [-0.39, 0.29) is 18.7 Å². The number of nitrogens with one attached hydrogen (secondary N) is 1. The number of carbonyl (C=O) groups excluding carboxylic acids is 1. The number of hydrogen-bond donors (Lipinski definition) is 2. The zero-order valence-corrected chi connectivity index (χ0v) is 13.7. The molecule has 0 aromatic carbocycles. The van der Waals surface area contributed by atoms with E-state index in [1.54, 1.807) is 4.90 Å². The van der Waals surface area contributed by atoms with Crippen molar-refractivity contribution >= 4 is 11.9 Å². The van der Waals surface area contributed by atoms with E-state index >= 15 is 0 Å². The van der Waals surface area contributed by atoms with Gasteiger partial charge in [-0.25, -0.2) is 9.78 Å². The summed E-state index contributed by atoms with van der Waals surface area (Å²) in [6, 6.07) is 1.88. The summed E-state index contributed by atoms with van der Waals surface area (Å²) in [6.45, 7) is 8.69. The molecule has 6 heteroatoms. The van der Waals surface area contributed by atoms with Gasteiger partial charge in [0, 0.05) is 25.3 Å². The van der Waals surface area contributed by atoms with E-state index < -0.39 is 5.60 Å². The fraction of sp³-hybridized carbons (Fsp3) is 0.625. The molecule has 1 aromatic rings. The van der Waals surface area contributed by atoms with Gasteiger partial charge in [-0.3, -0.25) is 0 Å². The van der Waals surface area contributed by atoms with Crippen molar-refractivity contribution in [3.8, 4) is 0 Å². The minimum Gasteiger partial charge on any atom is -0.444 e. The first-order valence-electron chi connectivity index (χ1n) is 7.61. The van der Waals surface area contributed by atoms with Gasteiger partial charge in [-0.15, -0.1) is 0 Å². The van der Waals surface area contributed by atoms with Gasteiger partial charge in [-0.2, -0.15) is 0 Å². The van der Waals surface area contributed by atoms with Gasteiger partial charge in [0.25, 0.3) is 0 Å². The van der Waals surface area contributed by atoms with E-state index in [0.29, 0.717) is 18.9 Å². The third kappa shape index (κ3) is 4.34. The largest absolute Gasteiger partial charge is 0.444 e. The van der Waals surface area contributed by atoms with E-state index in [2.05, 4.69) is 10.3 Å². The summed E-state index contributed by atoms with van der Waals surface area (Å²) in [7, 11) is 0. The summed E-state index contributed by atoms with van der Waals surface area (Å²) in [6.07, 6.45) is 2.33. The molecular formula is C16H25N3O3. The van der Waals surface area contributed by atoms with Crippen molar-refractivity contribution in [3.63, 3.8) is 0 Å². The van der Waals surface area contributed by atoms with E-state index in [1.165, 1.54) is 0 Å². The first-order chi connectivity index (χ1) is 10.3. The van der Waals surface area contributed by atoms with Gasteiger partial charge in [0.15, 0.2) is 0 Å². The van der Waals surface area contributed by atoms with Crippen LogP contribution in [0.15, 0.2) is 12.3 Å². The normalized spacial score (nSPS) is 16.0. The number of amides is 1. The quantitative estimate of drug-likeness (QED) is 0.895. The van der Waals surface area contributed by atoms with Gasteiger partial charge in [-0.05, 0) is 51.3 Å². The lowest BCUT2D eigenvalue weighted by Gasteiger charge is -2.31. The number of aromatic nitrogens is 1. The van der Waals surface area contributed by atoms with Crippen LogP contribution in [0, 0.1) is 0 Å². The van der Waals surface area contributed by atoms with Crippen molar-refractivity contribution in [2.45, 2.75) is 52.3 Å². The molecule has 0 bridgehead atoms. The van der Waals surface area contributed by atoms with E-state index in [9.17, 15) is 4.79 Å². The number of aliphatic hydroxyl groups is 1. The number of carbonyl (C=O) groups is 1. The molecule has 1 aromatic heterocycles. The first kappa shape index (κ1) is 16.5. The molecule has 1 aliphatic heterocycles. The minimum absolute atomic E-state index is 0.0444. The van der Waals surface area contributed by atoms with Gasteiger partial charge >= 0.3 is 6.09 Å². The monoisotopic (exact) mass is 307 g/mol. The molecule has 1 unspecified atom stereocenters. The van der Waals surface area contributed by atoms with Crippen molar-refractivity contribution < 1.29 is 14.6 Å². The number of aliphatic hydroxyl groups excluding tert-OH is 1. The zero-order chi connectivity index (χ0) is 16.3. The standard InChI is InChI=1S/C16H25N3O3/c1-11(10-20)18-14-7-13-9-19(6-5-12(13)8-17-14)15(21)22-16(2,3)4/h7-8,11,20H,5-6,9-10H2,1-4H3,(H,17,18). The SMILES string of the molecule is CC(CO)Nc1cc2c(cn1)CCN(C(=O)OC(C)(C)C)C2. The van der Waals surface area contributed by atoms with Gasteiger partial charge in [-0.1, -0.05) is 0 Å². The Morgan fingerprint density at radius 1 is 1.50 bits per heavy atom. The predicted molar refractivity (Wildman–Crippen MR) is 84.8 cm³/mol. The van der Waals surface area contributed by atoms with Crippen LogP contribution in [0.1, 0.15) is 38.8 Å². The van der Waals surface area contributed by atoms with Gasteiger partial charge in [0.1, 0.15) is 11.4 Å². The number of anilines is 1. The fourth-order valence-corrected chi connectivity index (χ4v) is 2.30. The lowest BCUT2D eigenvalue weighted by molar-refractivity contribution is 0.0224. The third-order valence-electron chi connectivity index (χ3n) is 3.41. The molecule has 22 heavy (non-hydrogen) atoms. The molecule has 1 aliphatic rings. The minimum atomic E-state index is -0.487. The molecule has 0 spiro atoms. The maximum absolute atomic E-state index is 12.2. The predicted octanol–water partition coefficient (Wildman–Crippen LogP) is 2.17. The number of hydrogen-bond acceptors (Lipinski definition) is 5. The van der Waals surface area contributed by atoms with Crippen LogP contribution in [0.3, 0.4) is 0 Å². The topological polar surface area (TPSA) is 74.7 Å². The highest BCUT2D eigenvalue weighted by Crippen LogP contribution is 2.22. The number of nitrogens with zero attached hydrogens (tertiary/aromatic N) is 2. The third-order valence-corrected chi connectivity index (χ3v) is 3.41. The van der Waals surface area contributed by atoms with Crippen LogP contribution in [0.2, 0.25) is 0 Å². The highest BCUT2D eigenvalue weighted by Gasteiger charge is 2.26. The fourth-order valence-electron chi connectivity index (χ4n) is 2.30. The van der Waals surface area contributed by atoms with Gasteiger partial charge < -0.3 is 20.1 Å². The second-order valence-electron chi connectivity index (χ2n) is 6.72. The average Bonchev–Trinajstić information content (AvgIpc) is 2.44. The Morgan fingerprint density at radius 3 is 2.86 bits per heavy atom. The summed E-state index contributed by atoms with van der Waals surface area (Å²) in [5.41, 5.74) is 1.74. The first-order valence-corrected chi connectivity index (χ1v) is 7.61. The zero-order valence-electron chi connectivity index (χ0n) is 13.7. The maximum atomic E-state index is 12.2. The van der Waals surface area contributed by atoms with Crippen LogP contribution >= 0.6 is 0 Å². The summed E-state index contributed by atoms with van der Waals surface area (Å²) >= 11 is 0. The van der Waals surface area contributed by atoms with Crippen molar-refractivity contribution in [1.82, 2.24) is 9.88 Å². The highest BCUT2D eigenvalue weighted by atomic mass is 16.6. The van der Waals surface area contributed by atoms with Crippen LogP contribution in [-0.2, 0) is 17.7 Å². The second-order valence-corrected chi connectivity index (χ2v) is 6.72. The Balaban J connectivity index is 2.08. The summed E-state index contributed by atoms with van der Waals surface area (Å²) in [5, 5.41) is 12.2. The van der Waals surface area contributed by atoms with Crippen LogP contribution < -0.4 is 5.32 Å². The molecule has 2 heterocycles. The lowest BCUT2D eigenvalue weighted by Crippen LogP contribution is -2.40. The Labute approximate surface area is 131 Å². The summed E-state index contributed by atoms with van der Waals surface area (Å²) < 4.78 is 5.43. The highest BCUT2D eigenvalue weighted by molar-refractivity contribution is 5.68. The molecule has 0 saturated carbocycles. The van der Waals surface area contributed by atoms with Crippen molar-refractivity contribution in [2.75, 3.05) is 18.5 Å². The molecule has 0 fully saturated rings. The Bertz CT molecular complexity index is 540. The van der Waals surface area contributed by atoms with Crippen LogP contribution in [0.4, 0.5) is 10.6 Å². The van der Waals surface area contributed by atoms with Gasteiger partial charge in [0.05, 0.1) is 6.61 Å². The molecule has 0 radical (unpaired) electrons. The Kier molecular flexibility index (Phi) is 4.90. The molecule has 0 aliphatic carbocycles. The molecule has 1 amide bonds. The maximum Gasteiger partial charge on any atom is 0.410 e. The van der Waals surface area contributed by atoms with Crippen LogP contribution in [0.25, 0.3) is 0 Å². The lowest BCUT2D eigenvalue weighted by atomic mass is 10.0. The molecule has 6 nitrogen and oxygen atoms in total. The molecule has 1 atom stereocenters. The van der Waals surface area contributed by atoms with Crippen LogP contribution in [-0.4, -0.2) is 45.9 Å². The molecule has 2 rings (SSSR count). The van der Waals surface area contributed by atoms with E-state index in [1.807, 2.05) is 40.0 Å². The van der Waals surface area contributed by atoms with Crippen molar-refractivity contribution in [2.24, 2.45) is 0 Å². The Morgan fingerprint density at radius 2 is 2.23 bits per heavy atom. The number of ether oxygens (including phenoxy) is 1. The smallest absolute Gasteiger partial charge is 0.410 e. The number of fused-ring (bicyclic) bond motifs is 1. The summed E-state index contributed by atoms with van der Waals surface area (Å²) in [4.78, 5) is 18.2. The molecule has 122 valence electrons. The van der Waals surface area contributed by atoms with E-state index in [0.717, 1.165) is 17.5 Å². The van der Waals surface area contributed by atoms with Crippen LogP contribution in [0.5, 0.6) is 0 Å². The number of pyridine rings is 1. The van der Waals surface area contributed by atoms with Crippen molar-refractivity contribution in [3.05, 3.63) is 23.4 Å². The molecular weight excluding hydrogens is 282 g/mol. The second kappa shape index (κ2) is 6.52. The van der Waals surface area contributed by atoms with E-state index in [4.69, 9.17) is 9.84 Å².